The van der Waals surface area contributed by atoms with Gasteiger partial charge in [0.25, 0.3) is 0 Å². The Hall–Kier alpha value is -1.80. The second kappa shape index (κ2) is 5.51. The predicted octanol–water partition coefficient (Wildman–Crippen LogP) is 3.50. The van der Waals surface area contributed by atoms with E-state index in [1.54, 1.807) is 17.0 Å². The van der Waals surface area contributed by atoms with Crippen molar-refractivity contribution in [2.24, 2.45) is 0 Å². The zero-order valence-electron chi connectivity index (χ0n) is 9.21. The van der Waals surface area contributed by atoms with Gasteiger partial charge in [-0.15, -0.1) is 0 Å². The molecule has 0 N–H and O–H groups in total. The molecule has 2 rings (SSSR count). The standard InChI is InChI=1S/C14H12ClNO/c15-13-6-8-14(9-7-13)16(11-17)10-12-4-2-1-3-5-12/h1-9,11H,10H2. The van der Waals surface area contributed by atoms with E-state index in [1.165, 1.54) is 0 Å². The first kappa shape index (κ1) is 11.7. The summed E-state index contributed by atoms with van der Waals surface area (Å²) in [7, 11) is 0. The van der Waals surface area contributed by atoms with Gasteiger partial charge in [-0.25, -0.2) is 0 Å². The van der Waals surface area contributed by atoms with Crippen LogP contribution in [0.25, 0.3) is 0 Å². The van der Waals surface area contributed by atoms with Crippen molar-refractivity contribution in [2.75, 3.05) is 4.90 Å². The third kappa shape index (κ3) is 3.08. The highest BCUT2D eigenvalue weighted by Gasteiger charge is 2.05. The summed E-state index contributed by atoms with van der Waals surface area (Å²) < 4.78 is 0. The second-order valence-electron chi connectivity index (χ2n) is 3.70. The number of hydrogen-bond donors (Lipinski definition) is 0. The van der Waals surface area contributed by atoms with Crippen molar-refractivity contribution in [1.82, 2.24) is 0 Å². The van der Waals surface area contributed by atoms with Gasteiger partial charge in [0.05, 0.1) is 6.54 Å². The monoisotopic (exact) mass is 245 g/mol. The van der Waals surface area contributed by atoms with Gasteiger partial charge >= 0.3 is 0 Å². The SMILES string of the molecule is O=CN(Cc1ccccc1)c1ccc(Cl)cc1. The van der Waals surface area contributed by atoms with Crippen molar-refractivity contribution in [3.05, 3.63) is 65.2 Å². The van der Waals surface area contributed by atoms with E-state index < -0.39 is 0 Å². The molecule has 2 aromatic carbocycles. The molecule has 0 spiro atoms. The highest BCUT2D eigenvalue weighted by molar-refractivity contribution is 6.30. The summed E-state index contributed by atoms with van der Waals surface area (Å²) in [6.07, 6.45) is 0.830. The number of benzene rings is 2. The van der Waals surface area contributed by atoms with Gasteiger partial charge in [-0.05, 0) is 29.8 Å². The molecule has 0 aromatic heterocycles. The number of halogens is 1. The Morgan fingerprint density at radius 3 is 2.24 bits per heavy atom. The number of nitrogens with zero attached hydrogens (tertiary/aromatic N) is 1. The Bertz CT molecular complexity index is 481. The molecular weight excluding hydrogens is 234 g/mol. The summed E-state index contributed by atoms with van der Waals surface area (Å²) in [4.78, 5) is 12.7. The zero-order chi connectivity index (χ0) is 12.1. The normalized spacial score (nSPS) is 9.94. The van der Waals surface area contributed by atoms with Crippen molar-refractivity contribution >= 4 is 23.7 Å². The largest absolute Gasteiger partial charge is 0.311 e. The van der Waals surface area contributed by atoms with Crippen LogP contribution in [0.3, 0.4) is 0 Å². The summed E-state index contributed by atoms with van der Waals surface area (Å²) in [6, 6.07) is 17.1. The lowest BCUT2D eigenvalue weighted by atomic mass is 10.2. The molecule has 0 aliphatic carbocycles. The van der Waals surface area contributed by atoms with Crippen molar-refractivity contribution in [1.29, 1.82) is 0 Å². The molecule has 0 atom stereocenters. The summed E-state index contributed by atoms with van der Waals surface area (Å²) in [6.45, 7) is 0.561. The van der Waals surface area contributed by atoms with E-state index in [0.717, 1.165) is 17.7 Å². The number of rotatable bonds is 4. The maximum Gasteiger partial charge on any atom is 0.214 e. The molecule has 86 valence electrons. The molecule has 2 nitrogen and oxygen atoms in total. The maximum atomic E-state index is 11.1. The fraction of sp³-hybridized carbons (Fsp3) is 0.0714. The Kier molecular flexibility index (Phi) is 3.78. The van der Waals surface area contributed by atoms with Crippen LogP contribution >= 0.6 is 11.6 Å². The van der Waals surface area contributed by atoms with Crippen LogP contribution in [0, 0.1) is 0 Å². The second-order valence-corrected chi connectivity index (χ2v) is 4.13. The van der Waals surface area contributed by atoms with Gasteiger partial charge in [0, 0.05) is 10.7 Å². The minimum atomic E-state index is 0.561. The average molecular weight is 246 g/mol. The highest BCUT2D eigenvalue weighted by atomic mass is 35.5. The van der Waals surface area contributed by atoms with E-state index in [9.17, 15) is 4.79 Å². The lowest BCUT2D eigenvalue weighted by molar-refractivity contribution is -0.107. The van der Waals surface area contributed by atoms with E-state index in [-0.39, 0.29) is 0 Å². The minimum absolute atomic E-state index is 0.561. The summed E-state index contributed by atoms with van der Waals surface area (Å²) in [5.74, 6) is 0. The summed E-state index contributed by atoms with van der Waals surface area (Å²) >= 11 is 5.81. The van der Waals surface area contributed by atoms with Crippen LogP contribution in [-0.4, -0.2) is 6.41 Å². The van der Waals surface area contributed by atoms with E-state index in [2.05, 4.69) is 0 Å². The molecule has 0 saturated heterocycles. The van der Waals surface area contributed by atoms with Crippen molar-refractivity contribution in [3.8, 4) is 0 Å². The van der Waals surface area contributed by atoms with Gasteiger partial charge in [-0.2, -0.15) is 0 Å². The lowest BCUT2D eigenvalue weighted by Gasteiger charge is -2.17. The third-order valence-electron chi connectivity index (χ3n) is 2.48. The Balaban J connectivity index is 2.17. The first-order valence-corrected chi connectivity index (χ1v) is 5.69. The first-order valence-electron chi connectivity index (χ1n) is 5.31. The van der Waals surface area contributed by atoms with Crippen LogP contribution in [0.15, 0.2) is 54.6 Å². The van der Waals surface area contributed by atoms with Gasteiger partial charge in [-0.3, -0.25) is 4.79 Å². The molecule has 3 heteroatoms. The van der Waals surface area contributed by atoms with Crippen molar-refractivity contribution < 1.29 is 4.79 Å². The fourth-order valence-corrected chi connectivity index (χ4v) is 1.73. The van der Waals surface area contributed by atoms with Gasteiger partial charge in [0.2, 0.25) is 6.41 Å². The van der Waals surface area contributed by atoms with E-state index in [4.69, 9.17) is 11.6 Å². The molecule has 0 aliphatic heterocycles. The van der Waals surface area contributed by atoms with Crippen LogP contribution in [-0.2, 0) is 11.3 Å². The lowest BCUT2D eigenvalue weighted by Crippen LogP contribution is -2.20. The molecule has 0 radical (unpaired) electrons. The molecule has 0 fully saturated rings. The molecule has 0 bridgehead atoms. The van der Waals surface area contributed by atoms with Crippen molar-refractivity contribution in [2.45, 2.75) is 6.54 Å². The van der Waals surface area contributed by atoms with E-state index in [0.29, 0.717) is 11.6 Å². The van der Waals surface area contributed by atoms with Crippen LogP contribution < -0.4 is 4.90 Å². The van der Waals surface area contributed by atoms with Gasteiger partial charge in [-0.1, -0.05) is 41.9 Å². The van der Waals surface area contributed by atoms with E-state index in [1.807, 2.05) is 42.5 Å². The third-order valence-corrected chi connectivity index (χ3v) is 2.73. The molecule has 0 heterocycles. The Labute approximate surface area is 105 Å². The minimum Gasteiger partial charge on any atom is -0.311 e. The smallest absolute Gasteiger partial charge is 0.214 e. The molecule has 2 aromatic rings. The summed E-state index contributed by atoms with van der Waals surface area (Å²) in [5, 5.41) is 0.666. The molecule has 0 aliphatic rings. The molecule has 17 heavy (non-hydrogen) atoms. The van der Waals surface area contributed by atoms with Gasteiger partial charge in [0.15, 0.2) is 0 Å². The van der Waals surface area contributed by atoms with Gasteiger partial charge in [0.1, 0.15) is 0 Å². The molecule has 0 saturated carbocycles. The Morgan fingerprint density at radius 1 is 1.00 bits per heavy atom. The predicted molar refractivity (Wildman–Crippen MR) is 70.1 cm³/mol. The van der Waals surface area contributed by atoms with Crippen LogP contribution in [0.4, 0.5) is 5.69 Å². The first-order chi connectivity index (χ1) is 8.29. The molecule has 1 amide bonds. The van der Waals surface area contributed by atoms with E-state index >= 15 is 0 Å². The van der Waals surface area contributed by atoms with Gasteiger partial charge < -0.3 is 4.90 Å². The number of amides is 1. The summed E-state index contributed by atoms with van der Waals surface area (Å²) in [5.41, 5.74) is 1.93. The quantitative estimate of drug-likeness (QED) is 0.755. The van der Waals surface area contributed by atoms with Crippen LogP contribution in [0.2, 0.25) is 5.02 Å². The maximum absolute atomic E-state index is 11.1. The number of carbonyl (C=O) groups is 1. The highest BCUT2D eigenvalue weighted by Crippen LogP contribution is 2.18. The average Bonchev–Trinajstić information content (AvgIpc) is 2.38. The molecular formula is C14H12ClNO. The number of carbonyl (C=O) groups excluding carboxylic acids is 1. The number of hydrogen-bond acceptors (Lipinski definition) is 1. The molecule has 0 unspecified atom stereocenters. The fourth-order valence-electron chi connectivity index (χ4n) is 1.60. The van der Waals surface area contributed by atoms with Crippen LogP contribution in [0.1, 0.15) is 5.56 Å². The zero-order valence-corrected chi connectivity index (χ0v) is 9.97. The number of anilines is 1. The van der Waals surface area contributed by atoms with Crippen LogP contribution in [0.5, 0.6) is 0 Å². The Morgan fingerprint density at radius 2 is 1.65 bits per heavy atom. The topological polar surface area (TPSA) is 20.3 Å². The van der Waals surface area contributed by atoms with Crippen molar-refractivity contribution in [3.63, 3.8) is 0 Å².